The average molecular weight is 270 g/mol. The molecule has 2 heterocycles. The average Bonchev–Trinajstić information content (AvgIpc) is 2.47. The molecule has 20 heavy (non-hydrogen) atoms. The molecule has 5 nitrogen and oxygen atoms in total. The van der Waals surface area contributed by atoms with E-state index >= 15 is 0 Å². The summed E-state index contributed by atoms with van der Waals surface area (Å²) in [5.41, 5.74) is 2.23. The van der Waals surface area contributed by atoms with Crippen molar-refractivity contribution >= 4 is 17.4 Å². The van der Waals surface area contributed by atoms with Gasteiger partial charge in [-0.1, -0.05) is 13.0 Å². The fraction of sp³-hybridized carbons (Fsp3) is 0.267. The van der Waals surface area contributed by atoms with Gasteiger partial charge >= 0.3 is 0 Å². The molecule has 0 bridgehead atoms. The molecule has 0 aliphatic carbocycles. The molecular weight excluding hydrogens is 252 g/mol. The fourth-order valence-corrected chi connectivity index (χ4v) is 1.78. The van der Waals surface area contributed by atoms with E-state index in [2.05, 4.69) is 27.5 Å². The molecule has 0 atom stereocenters. The third-order valence-corrected chi connectivity index (χ3v) is 2.87. The number of hydrogen-bond acceptors (Lipinski definition) is 4. The van der Waals surface area contributed by atoms with Crippen molar-refractivity contribution in [1.29, 1.82) is 0 Å². The summed E-state index contributed by atoms with van der Waals surface area (Å²) in [6, 6.07) is 5.54. The van der Waals surface area contributed by atoms with Crippen molar-refractivity contribution in [2.75, 3.05) is 17.2 Å². The lowest BCUT2D eigenvalue weighted by Gasteiger charge is -2.11. The zero-order valence-corrected chi connectivity index (χ0v) is 11.7. The monoisotopic (exact) mass is 270 g/mol. The van der Waals surface area contributed by atoms with Gasteiger partial charge in [0.25, 0.3) is 5.91 Å². The standard InChI is InChI=1S/C15H18N4O/c1-3-7-17-13-6-9-16-10-12(13)15(20)19-14-11(2)5-4-8-18-14/h4-6,8-10H,3,7H2,1-2H3,(H,16,17)(H,18,19,20). The molecular formula is C15H18N4O. The van der Waals surface area contributed by atoms with Crippen LogP contribution in [0.4, 0.5) is 11.5 Å². The van der Waals surface area contributed by atoms with Crippen molar-refractivity contribution in [1.82, 2.24) is 9.97 Å². The van der Waals surface area contributed by atoms with Gasteiger partial charge in [0.05, 0.1) is 11.3 Å². The third kappa shape index (κ3) is 3.32. The van der Waals surface area contributed by atoms with Crippen LogP contribution in [0.1, 0.15) is 29.3 Å². The van der Waals surface area contributed by atoms with Gasteiger partial charge in [0.2, 0.25) is 0 Å². The zero-order valence-electron chi connectivity index (χ0n) is 11.7. The Bertz CT molecular complexity index is 598. The Morgan fingerprint density at radius 2 is 2.15 bits per heavy atom. The van der Waals surface area contributed by atoms with E-state index in [9.17, 15) is 4.79 Å². The third-order valence-electron chi connectivity index (χ3n) is 2.87. The number of pyridine rings is 2. The SMILES string of the molecule is CCCNc1ccncc1C(=O)Nc1ncccc1C. The Labute approximate surface area is 118 Å². The molecule has 0 saturated heterocycles. The lowest BCUT2D eigenvalue weighted by Crippen LogP contribution is -2.16. The Morgan fingerprint density at radius 1 is 1.30 bits per heavy atom. The molecule has 1 amide bonds. The van der Waals surface area contributed by atoms with Crippen LogP contribution < -0.4 is 10.6 Å². The summed E-state index contributed by atoms with van der Waals surface area (Å²) in [7, 11) is 0. The topological polar surface area (TPSA) is 66.9 Å². The predicted molar refractivity (Wildman–Crippen MR) is 79.9 cm³/mol. The summed E-state index contributed by atoms with van der Waals surface area (Å²) in [6.45, 7) is 4.79. The van der Waals surface area contributed by atoms with Crippen LogP contribution in [0.5, 0.6) is 0 Å². The molecule has 0 aliphatic rings. The maximum atomic E-state index is 12.3. The van der Waals surface area contributed by atoms with E-state index in [0.29, 0.717) is 11.4 Å². The summed E-state index contributed by atoms with van der Waals surface area (Å²) in [5.74, 6) is 0.362. The normalized spacial score (nSPS) is 10.1. The van der Waals surface area contributed by atoms with Crippen LogP contribution in [0.15, 0.2) is 36.8 Å². The molecule has 0 spiro atoms. The second kappa shape index (κ2) is 6.65. The highest BCUT2D eigenvalue weighted by molar-refractivity contribution is 6.07. The van der Waals surface area contributed by atoms with Gasteiger partial charge in [0.1, 0.15) is 5.82 Å². The molecule has 0 saturated carbocycles. The Kier molecular flexibility index (Phi) is 4.65. The summed E-state index contributed by atoms with van der Waals surface area (Å²) in [6.07, 6.45) is 5.87. The number of hydrogen-bond donors (Lipinski definition) is 2. The highest BCUT2D eigenvalue weighted by atomic mass is 16.1. The van der Waals surface area contributed by atoms with Gasteiger partial charge in [0, 0.05) is 25.1 Å². The van der Waals surface area contributed by atoms with Crippen molar-refractivity contribution in [3.05, 3.63) is 47.9 Å². The molecule has 2 aromatic rings. The number of aryl methyl sites for hydroxylation is 1. The molecule has 0 aromatic carbocycles. The first kappa shape index (κ1) is 14.0. The van der Waals surface area contributed by atoms with E-state index < -0.39 is 0 Å². The van der Waals surface area contributed by atoms with E-state index in [1.54, 1.807) is 24.7 Å². The number of carbonyl (C=O) groups excluding carboxylic acids is 1. The van der Waals surface area contributed by atoms with Gasteiger partial charge in [-0.2, -0.15) is 0 Å². The number of aromatic nitrogens is 2. The van der Waals surface area contributed by atoms with Gasteiger partial charge in [-0.05, 0) is 31.0 Å². The molecule has 2 rings (SSSR count). The van der Waals surface area contributed by atoms with Crippen molar-refractivity contribution in [3.63, 3.8) is 0 Å². The molecule has 2 N–H and O–H groups in total. The zero-order chi connectivity index (χ0) is 14.4. The maximum absolute atomic E-state index is 12.3. The minimum absolute atomic E-state index is 0.210. The number of rotatable bonds is 5. The van der Waals surface area contributed by atoms with Crippen molar-refractivity contribution in [3.8, 4) is 0 Å². The van der Waals surface area contributed by atoms with E-state index in [1.165, 1.54) is 0 Å². The molecule has 104 valence electrons. The maximum Gasteiger partial charge on any atom is 0.260 e. The number of amides is 1. The lowest BCUT2D eigenvalue weighted by atomic mass is 10.2. The summed E-state index contributed by atoms with van der Waals surface area (Å²) in [5, 5.41) is 6.04. The fourth-order valence-electron chi connectivity index (χ4n) is 1.78. The van der Waals surface area contributed by atoms with Crippen LogP contribution in [-0.4, -0.2) is 22.4 Å². The molecule has 5 heteroatoms. The smallest absolute Gasteiger partial charge is 0.260 e. The summed E-state index contributed by atoms with van der Waals surface area (Å²) in [4.78, 5) is 20.5. The van der Waals surface area contributed by atoms with E-state index in [4.69, 9.17) is 0 Å². The van der Waals surface area contributed by atoms with Crippen molar-refractivity contribution in [2.45, 2.75) is 20.3 Å². The summed E-state index contributed by atoms with van der Waals surface area (Å²) < 4.78 is 0. The van der Waals surface area contributed by atoms with Gasteiger partial charge in [-0.25, -0.2) is 4.98 Å². The molecule has 2 aromatic heterocycles. The van der Waals surface area contributed by atoms with Crippen molar-refractivity contribution < 1.29 is 4.79 Å². The number of nitrogens with one attached hydrogen (secondary N) is 2. The first-order valence-corrected chi connectivity index (χ1v) is 6.63. The Hall–Kier alpha value is -2.43. The number of carbonyl (C=O) groups is 1. The first-order valence-electron chi connectivity index (χ1n) is 6.63. The highest BCUT2D eigenvalue weighted by Gasteiger charge is 2.12. The second-order valence-electron chi connectivity index (χ2n) is 4.47. The second-order valence-corrected chi connectivity index (χ2v) is 4.47. The Morgan fingerprint density at radius 3 is 2.90 bits per heavy atom. The molecule has 0 fully saturated rings. The lowest BCUT2D eigenvalue weighted by molar-refractivity contribution is 0.102. The summed E-state index contributed by atoms with van der Waals surface area (Å²) >= 11 is 0. The van der Waals surface area contributed by atoms with Crippen LogP contribution in [0, 0.1) is 6.92 Å². The first-order chi connectivity index (χ1) is 9.72. The van der Waals surface area contributed by atoms with E-state index in [1.807, 2.05) is 19.1 Å². The largest absolute Gasteiger partial charge is 0.384 e. The Balaban J connectivity index is 2.19. The van der Waals surface area contributed by atoms with E-state index in [-0.39, 0.29) is 5.91 Å². The van der Waals surface area contributed by atoms with Crippen LogP contribution in [-0.2, 0) is 0 Å². The molecule has 0 aliphatic heterocycles. The minimum atomic E-state index is -0.210. The number of anilines is 2. The van der Waals surface area contributed by atoms with Gasteiger partial charge in [0.15, 0.2) is 0 Å². The highest BCUT2D eigenvalue weighted by Crippen LogP contribution is 2.16. The van der Waals surface area contributed by atoms with Crippen LogP contribution in [0.25, 0.3) is 0 Å². The predicted octanol–water partition coefficient (Wildman–Crippen LogP) is 2.86. The quantitative estimate of drug-likeness (QED) is 0.876. The van der Waals surface area contributed by atoms with Gasteiger partial charge < -0.3 is 10.6 Å². The van der Waals surface area contributed by atoms with Crippen LogP contribution in [0.3, 0.4) is 0 Å². The van der Waals surface area contributed by atoms with Gasteiger partial charge in [-0.15, -0.1) is 0 Å². The minimum Gasteiger partial charge on any atom is -0.384 e. The van der Waals surface area contributed by atoms with Crippen LogP contribution in [0.2, 0.25) is 0 Å². The molecule has 0 radical (unpaired) electrons. The van der Waals surface area contributed by atoms with Crippen LogP contribution >= 0.6 is 0 Å². The molecule has 0 unspecified atom stereocenters. The van der Waals surface area contributed by atoms with Crippen molar-refractivity contribution in [2.24, 2.45) is 0 Å². The van der Waals surface area contributed by atoms with Gasteiger partial charge in [-0.3, -0.25) is 9.78 Å². The number of nitrogens with zero attached hydrogens (tertiary/aromatic N) is 2. The van der Waals surface area contributed by atoms with E-state index in [0.717, 1.165) is 24.2 Å².